The number of aromatic hydroxyl groups is 1. The largest absolute Gasteiger partial charge is 0.508 e. The number of carbonyl (C=O) groups excluding carboxylic acids is 1. The minimum Gasteiger partial charge on any atom is -0.508 e. The molecule has 0 aliphatic heterocycles. The molecule has 0 saturated carbocycles. The summed E-state index contributed by atoms with van der Waals surface area (Å²) in [5, 5.41) is 9.46. The van der Waals surface area contributed by atoms with Crippen LogP contribution in [0.5, 0.6) is 5.75 Å². The standard InChI is InChI=1S/C15H15ClN2O2/c1-11-8-13(19)5-6-14(11)18(15(20)9-16)10-12-4-2-3-7-17-12/h2-8,19H,9-10H2,1H3. The van der Waals surface area contributed by atoms with Gasteiger partial charge < -0.3 is 10.0 Å². The van der Waals surface area contributed by atoms with Crippen molar-refractivity contribution in [3.05, 3.63) is 53.9 Å². The van der Waals surface area contributed by atoms with Crippen molar-refractivity contribution in [2.45, 2.75) is 13.5 Å². The van der Waals surface area contributed by atoms with E-state index in [2.05, 4.69) is 4.98 Å². The molecule has 0 spiro atoms. The van der Waals surface area contributed by atoms with Crippen molar-refractivity contribution in [1.82, 2.24) is 4.98 Å². The Morgan fingerprint density at radius 1 is 1.35 bits per heavy atom. The fourth-order valence-corrected chi connectivity index (χ4v) is 2.12. The van der Waals surface area contributed by atoms with Crippen LogP contribution in [0.4, 0.5) is 5.69 Å². The quantitative estimate of drug-likeness (QED) is 0.881. The molecule has 0 aliphatic rings. The summed E-state index contributed by atoms with van der Waals surface area (Å²) < 4.78 is 0. The Bertz CT molecular complexity index is 602. The summed E-state index contributed by atoms with van der Waals surface area (Å²) in [6.45, 7) is 2.18. The van der Waals surface area contributed by atoms with Gasteiger partial charge in [-0.2, -0.15) is 0 Å². The van der Waals surface area contributed by atoms with E-state index in [1.54, 1.807) is 29.3 Å². The molecule has 1 amide bonds. The number of anilines is 1. The first-order valence-corrected chi connectivity index (χ1v) is 6.71. The molecule has 5 heteroatoms. The third-order valence-electron chi connectivity index (χ3n) is 2.93. The molecule has 104 valence electrons. The van der Waals surface area contributed by atoms with Gasteiger partial charge in [0, 0.05) is 11.9 Å². The van der Waals surface area contributed by atoms with E-state index in [1.165, 1.54) is 0 Å². The van der Waals surface area contributed by atoms with Gasteiger partial charge in [0.2, 0.25) is 5.91 Å². The summed E-state index contributed by atoms with van der Waals surface area (Å²) in [5.74, 6) is -0.138. The van der Waals surface area contributed by atoms with Crippen LogP contribution in [0.3, 0.4) is 0 Å². The van der Waals surface area contributed by atoms with Crippen molar-refractivity contribution in [1.29, 1.82) is 0 Å². The fraction of sp³-hybridized carbons (Fsp3) is 0.200. The van der Waals surface area contributed by atoms with E-state index in [0.717, 1.165) is 16.9 Å². The minimum atomic E-state index is -0.203. The van der Waals surface area contributed by atoms with Gasteiger partial charge in [0.25, 0.3) is 0 Å². The number of benzene rings is 1. The molecular formula is C15H15ClN2O2. The van der Waals surface area contributed by atoms with Crippen LogP contribution >= 0.6 is 11.6 Å². The van der Waals surface area contributed by atoms with Crippen LogP contribution in [-0.2, 0) is 11.3 Å². The van der Waals surface area contributed by atoms with Crippen LogP contribution in [0, 0.1) is 6.92 Å². The first-order chi connectivity index (χ1) is 9.61. The normalized spacial score (nSPS) is 10.3. The van der Waals surface area contributed by atoms with Gasteiger partial charge in [0.15, 0.2) is 0 Å². The van der Waals surface area contributed by atoms with E-state index < -0.39 is 0 Å². The molecule has 0 bridgehead atoms. The van der Waals surface area contributed by atoms with Gasteiger partial charge in [-0.25, -0.2) is 0 Å². The lowest BCUT2D eigenvalue weighted by Crippen LogP contribution is -2.32. The molecule has 0 aliphatic carbocycles. The Hall–Kier alpha value is -2.07. The summed E-state index contributed by atoms with van der Waals surface area (Å²) in [6.07, 6.45) is 1.68. The highest BCUT2D eigenvalue weighted by molar-refractivity contribution is 6.29. The number of halogens is 1. The van der Waals surface area contributed by atoms with E-state index >= 15 is 0 Å². The molecule has 1 aromatic carbocycles. The fourth-order valence-electron chi connectivity index (χ4n) is 1.98. The number of aryl methyl sites for hydroxylation is 1. The summed E-state index contributed by atoms with van der Waals surface area (Å²) in [4.78, 5) is 17.9. The number of alkyl halides is 1. The molecule has 1 aromatic heterocycles. The number of phenolic OH excluding ortho intramolecular Hbond substituents is 1. The van der Waals surface area contributed by atoms with Gasteiger partial charge >= 0.3 is 0 Å². The Morgan fingerprint density at radius 2 is 2.15 bits per heavy atom. The van der Waals surface area contributed by atoms with Crippen molar-refractivity contribution in [3.63, 3.8) is 0 Å². The maximum Gasteiger partial charge on any atom is 0.242 e. The Balaban J connectivity index is 2.35. The lowest BCUT2D eigenvalue weighted by molar-refractivity contribution is -0.116. The molecule has 2 rings (SSSR count). The first-order valence-electron chi connectivity index (χ1n) is 6.17. The number of pyridine rings is 1. The van der Waals surface area contributed by atoms with Gasteiger partial charge in [0.05, 0.1) is 12.2 Å². The van der Waals surface area contributed by atoms with Gasteiger partial charge in [-0.3, -0.25) is 9.78 Å². The number of hydrogen-bond acceptors (Lipinski definition) is 3. The number of rotatable bonds is 4. The molecular weight excluding hydrogens is 276 g/mol. The second kappa shape index (κ2) is 6.39. The van der Waals surface area contributed by atoms with Crippen LogP contribution in [0.2, 0.25) is 0 Å². The van der Waals surface area contributed by atoms with E-state index in [-0.39, 0.29) is 17.5 Å². The highest BCUT2D eigenvalue weighted by Crippen LogP contribution is 2.25. The Kier molecular flexibility index (Phi) is 4.58. The number of nitrogens with zero attached hydrogens (tertiary/aromatic N) is 2. The lowest BCUT2D eigenvalue weighted by atomic mass is 10.1. The van der Waals surface area contributed by atoms with Crippen molar-refractivity contribution < 1.29 is 9.90 Å². The second-order valence-electron chi connectivity index (χ2n) is 4.41. The zero-order valence-electron chi connectivity index (χ0n) is 11.1. The first kappa shape index (κ1) is 14.3. The van der Waals surface area contributed by atoms with Crippen molar-refractivity contribution in [3.8, 4) is 5.75 Å². The second-order valence-corrected chi connectivity index (χ2v) is 4.67. The van der Waals surface area contributed by atoms with Gasteiger partial charge in [-0.1, -0.05) is 6.07 Å². The average molecular weight is 291 g/mol. The van der Waals surface area contributed by atoms with Gasteiger partial charge in [-0.05, 0) is 42.8 Å². The third-order valence-corrected chi connectivity index (χ3v) is 3.16. The highest BCUT2D eigenvalue weighted by atomic mass is 35.5. The predicted molar refractivity (Wildman–Crippen MR) is 79.0 cm³/mol. The molecule has 20 heavy (non-hydrogen) atoms. The molecule has 0 fully saturated rings. The monoisotopic (exact) mass is 290 g/mol. The van der Waals surface area contributed by atoms with Crippen LogP contribution in [0.15, 0.2) is 42.6 Å². The average Bonchev–Trinajstić information content (AvgIpc) is 2.46. The molecule has 0 unspecified atom stereocenters. The number of amides is 1. The third kappa shape index (κ3) is 3.27. The topological polar surface area (TPSA) is 53.4 Å². The van der Waals surface area contributed by atoms with E-state index in [0.29, 0.717) is 6.54 Å². The van der Waals surface area contributed by atoms with Gasteiger partial charge in [0.1, 0.15) is 11.6 Å². The van der Waals surface area contributed by atoms with E-state index in [9.17, 15) is 9.90 Å². The number of aromatic nitrogens is 1. The van der Waals surface area contributed by atoms with E-state index in [4.69, 9.17) is 11.6 Å². The molecule has 4 nitrogen and oxygen atoms in total. The summed E-state index contributed by atoms with van der Waals surface area (Å²) in [5.41, 5.74) is 2.30. The maximum absolute atomic E-state index is 12.1. The molecule has 1 N–H and O–H groups in total. The van der Waals surface area contributed by atoms with Crippen LogP contribution < -0.4 is 4.90 Å². The predicted octanol–water partition coefficient (Wildman–Crippen LogP) is 2.87. The van der Waals surface area contributed by atoms with E-state index in [1.807, 2.05) is 25.1 Å². The molecule has 0 radical (unpaired) electrons. The summed E-state index contributed by atoms with van der Waals surface area (Å²) >= 11 is 5.69. The van der Waals surface area contributed by atoms with Crippen LogP contribution in [0.1, 0.15) is 11.3 Å². The van der Waals surface area contributed by atoms with Crippen molar-refractivity contribution in [2.24, 2.45) is 0 Å². The zero-order chi connectivity index (χ0) is 14.5. The summed E-state index contributed by atoms with van der Waals surface area (Å²) in [6, 6.07) is 10.4. The number of hydrogen-bond donors (Lipinski definition) is 1. The van der Waals surface area contributed by atoms with Gasteiger partial charge in [-0.15, -0.1) is 11.6 Å². The molecule has 1 heterocycles. The van der Waals surface area contributed by atoms with Crippen molar-refractivity contribution in [2.75, 3.05) is 10.8 Å². The minimum absolute atomic E-state index is 0.104. The molecule has 0 atom stereocenters. The molecule has 2 aromatic rings. The number of carbonyl (C=O) groups is 1. The van der Waals surface area contributed by atoms with Crippen molar-refractivity contribution >= 4 is 23.2 Å². The van der Waals surface area contributed by atoms with Crippen LogP contribution in [-0.4, -0.2) is 21.9 Å². The Morgan fingerprint density at radius 3 is 2.75 bits per heavy atom. The maximum atomic E-state index is 12.1. The molecule has 0 saturated heterocycles. The Labute approximate surface area is 122 Å². The zero-order valence-corrected chi connectivity index (χ0v) is 11.8. The van der Waals surface area contributed by atoms with Crippen LogP contribution in [0.25, 0.3) is 0 Å². The SMILES string of the molecule is Cc1cc(O)ccc1N(Cc1ccccn1)C(=O)CCl. The summed E-state index contributed by atoms with van der Waals surface area (Å²) in [7, 11) is 0. The highest BCUT2D eigenvalue weighted by Gasteiger charge is 2.17. The smallest absolute Gasteiger partial charge is 0.242 e. The number of phenols is 1. The lowest BCUT2D eigenvalue weighted by Gasteiger charge is -2.23.